The van der Waals surface area contributed by atoms with Crippen molar-refractivity contribution in [2.24, 2.45) is 0 Å². The standard InChI is InChI=1S/C3H2O7.2K.2Li.2H/c4-1(5)9-3(8)10-2(6)7;;;;;;/h(H,4,5)(H,6,7);;;;;;/q;2*+1;;;;/p-2. The third-order valence-electron chi connectivity index (χ3n) is 0.333. The van der Waals surface area contributed by atoms with Crippen molar-refractivity contribution in [1.82, 2.24) is 0 Å². The molecule has 0 spiro atoms. The van der Waals surface area contributed by atoms with E-state index in [-0.39, 0.29) is 140 Å². The summed E-state index contributed by atoms with van der Waals surface area (Å²) in [7, 11) is 0. The molecule has 7 nitrogen and oxygen atoms in total. The third-order valence-corrected chi connectivity index (χ3v) is 0.333. The molecular formula is C3H2K2Li2O7. The van der Waals surface area contributed by atoms with E-state index in [0.29, 0.717) is 0 Å². The van der Waals surface area contributed by atoms with Crippen molar-refractivity contribution in [3.8, 4) is 0 Å². The third kappa shape index (κ3) is 24.1. The van der Waals surface area contributed by atoms with Crippen LogP contribution in [0.15, 0.2) is 0 Å². The van der Waals surface area contributed by atoms with Crippen LogP contribution in [0.4, 0.5) is 14.4 Å². The summed E-state index contributed by atoms with van der Waals surface area (Å²) >= 11 is 0. The van der Waals surface area contributed by atoms with Gasteiger partial charge in [-0.05, 0) is 0 Å². The van der Waals surface area contributed by atoms with Crippen molar-refractivity contribution in [1.29, 1.82) is 0 Å². The number of hydrogen-bond acceptors (Lipinski definition) is 7. The number of carbonyl (C=O) groups is 3. The Morgan fingerprint density at radius 2 is 1.00 bits per heavy atom. The van der Waals surface area contributed by atoms with Gasteiger partial charge < -0.3 is 29.3 Å². The molecule has 0 amide bonds. The molecule has 0 aliphatic rings. The average molecular weight is 242 g/mol. The average Bonchev–Trinajstić information content (AvgIpc) is 1.58. The molecule has 0 aliphatic heterocycles. The second kappa shape index (κ2) is 18.1. The molecule has 0 aromatic carbocycles. The summed E-state index contributed by atoms with van der Waals surface area (Å²) in [5.74, 6) is 0. The maximum atomic E-state index is 9.78. The zero-order chi connectivity index (χ0) is 8.15. The molecule has 0 atom stereocenters. The second-order valence-electron chi connectivity index (χ2n) is 0.954. The van der Waals surface area contributed by atoms with Crippen LogP contribution in [0, 0.1) is 0 Å². The van der Waals surface area contributed by atoms with Gasteiger partial charge in [0.15, 0.2) is 0 Å². The predicted molar refractivity (Wildman–Crippen MR) is 32.7 cm³/mol. The first-order valence-corrected chi connectivity index (χ1v) is 1.84. The van der Waals surface area contributed by atoms with Crippen molar-refractivity contribution >= 4 is 56.2 Å². The van der Waals surface area contributed by atoms with Crippen molar-refractivity contribution in [2.45, 2.75) is 0 Å². The molecule has 0 unspecified atom stereocenters. The van der Waals surface area contributed by atoms with E-state index in [9.17, 15) is 24.6 Å². The Morgan fingerprint density at radius 1 is 0.786 bits per heavy atom. The first-order chi connectivity index (χ1) is 4.52. The quantitative estimate of drug-likeness (QED) is 0.235. The van der Waals surface area contributed by atoms with Crippen molar-refractivity contribution in [3.63, 3.8) is 0 Å². The number of ether oxygens (including phenoxy) is 2. The number of carbonyl (C=O) groups excluding carboxylic acids is 3. The minimum absolute atomic E-state index is 0. The first-order valence-electron chi connectivity index (χ1n) is 1.84. The Balaban J connectivity index is -0.0000000675. The van der Waals surface area contributed by atoms with E-state index in [2.05, 4.69) is 9.47 Å². The monoisotopic (exact) mass is 242 g/mol. The summed E-state index contributed by atoms with van der Waals surface area (Å²) in [5, 5.41) is 18.7. The van der Waals surface area contributed by atoms with E-state index in [1.165, 1.54) is 0 Å². The fraction of sp³-hybridized carbons (Fsp3) is 0. The van der Waals surface area contributed by atoms with Crippen molar-refractivity contribution in [2.75, 3.05) is 0 Å². The van der Waals surface area contributed by atoms with Gasteiger partial charge in [-0.25, -0.2) is 4.79 Å². The van der Waals surface area contributed by atoms with Crippen LogP contribution in [0.25, 0.3) is 0 Å². The number of carboxylic acid groups (broad SMARTS) is 2. The van der Waals surface area contributed by atoms with E-state index in [1.807, 2.05) is 0 Å². The van der Waals surface area contributed by atoms with Crippen molar-refractivity contribution in [3.05, 3.63) is 0 Å². The zero-order valence-corrected chi connectivity index (χ0v) is 12.6. The van der Waals surface area contributed by atoms with Gasteiger partial charge in [-0.15, -0.1) is 0 Å². The number of rotatable bonds is 0. The molecule has 0 aromatic heterocycles. The molecule has 11 heteroatoms. The fourth-order valence-electron chi connectivity index (χ4n) is 0.157. The maximum absolute atomic E-state index is 9.78. The Labute approximate surface area is 188 Å². The molecule has 0 fully saturated rings. The molecule has 0 radical (unpaired) electrons. The van der Waals surface area contributed by atoms with Gasteiger partial charge in [-0.3, -0.25) is 0 Å². The normalized spacial score (nSPS) is 5.71. The molecule has 0 rings (SSSR count). The van der Waals surface area contributed by atoms with Gasteiger partial charge in [0.25, 0.3) is 12.3 Å². The van der Waals surface area contributed by atoms with Crippen LogP contribution in [-0.2, 0) is 9.47 Å². The van der Waals surface area contributed by atoms with Gasteiger partial charge >= 0.3 is 147 Å². The Hall–Kier alpha value is 2.68. The molecule has 0 bridgehead atoms. The van der Waals surface area contributed by atoms with Crippen LogP contribution in [-0.4, -0.2) is 56.2 Å². The van der Waals surface area contributed by atoms with E-state index >= 15 is 0 Å². The SMILES string of the molecule is O=C([O-])OC(=O)OC(=O)[O-].[K+].[K+].[LiH].[LiH]. The molecule has 0 heterocycles. The Morgan fingerprint density at radius 3 is 1.14 bits per heavy atom. The van der Waals surface area contributed by atoms with Crippen LogP contribution >= 0.6 is 0 Å². The fourth-order valence-corrected chi connectivity index (χ4v) is 0.157. The predicted octanol–water partition coefficient (Wildman–Crippen LogP) is -9.46. The van der Waals surface area contributed by atoms with Gasteiger partial charge in [0.05, 0.1) is 0 Å². The summed E-state index contributed by atoms with van der Waals surface area (Å²) in [4.78, 5) is 28.5. The first kappa shape index (κ1) is 30.1. The van der Waals surface area contributed by atoms with Gasteiger partial charge in [-0.2, -0.15) is 0 Å². The molecule has 0 saturated carbocycles. The van der Waals surface area contributed by atoms with E-state index in [4.69, 9.17) is 0 Å². The topological polar surface area (TPSA) is 116 Å². The van der Waals surface area contributed by atoms with Crippen LogP contribution in [0.5, 0.6) is 0 Å². The van der Waals surface area contributed by atoms with Gasteiger partial charge in [0.1, 0.15) is 0 Å². The molecule has 0 N–H and O–H groups in total. The minimum atomic E-state index is -2.20. The Bertz CT molecular complexity index is 168. The molecule has 14 heavy (non-hydrogen) atoms. The summed E-state index contributed by atoms with van der Waals surface area (Å²) < 4.78 is 6.17. The van der Waals surface area contributed by atoms with E-state index < -0.39 is 18.5 Å². The van der Waals surface area contributed by atoms with E-state index in [0.717, 1.165) is 0 Å². The summed E-state index contributed by atoms with van der Waals surface area (Å²) in [6, 6.07) is 0. The van der Waals surface area contributed by atoms with Gasteiger partial charge in [-0.1, -0.05) is 0 Å². The van der Waals surface area contributed by atoms with Crippen LogP contribution in [0.1, 0.15) is 0 Å². The molecule has 60 valence electrons. The van der Waals surface area contributed by atoms with Gasteiger partial charge in [0, 0.05) is 0 Å². The second-order valence-corrected chi connectivity index (χ2v) is 0.954. The molecule has 0 saturated heterocycles. The summed E-state index contributed by atoms with van der Waals surface area (Å²) in [5.41, 5.74) is 0. The molecular weight excluding hydrogens is 240 g/mol. The molecule has 0 aromatic rings. The summed E-state index contributed by atoms with van der Waals surface area (Å²) in [6.45, 7) is 0. The van der Waals surface area contributed by atoms with Gasteiger partial charge in [0.2, 0.25) is 0 Å². The Kier molecular flexibility index (Phi) is 38.8. The number of hydrogen-bond donors (Lipinski definition) is 0. The van der Waals surface area contributed by atoms with Crippen LogP contribution in [0.3, 0.4) is 0 Å². The van der Waals surface area contributed by atoms with Crippen LogP contribution in [0.2, 0.25) is 0 Å². The van der Waals surface area contributed by atoms with Crippen molar-refractivity contribution < 1.29 is 137 Å². The summed E-state index contributed by atoms with van der Waals surface area (Å²) in [6.07, 6.45) is -6.32. The molecule has 0 aliphatic carbocycles. The van der Waals surface area contributed by atoms with Crippen LogP contribution < -0.4 is 113 Å². The van der Waals surface area contributed by atoms with E-state index in [1.54, 1.807) is 0 Å². The zero-order valence-electron chi connectivity index (χ0n) is 6.36.